The largest absolute Gasteiger partial charge is 0.493 e. The number of fused-ring (bicyclic) bond motifs is 1. The molecule has 3 aromatic carbocycles. The first kappa shape index (κ1) is 29.2. The van der Waals surface area contributed by atoms with E-state index in [4.69, 9.17) is 21.7 Å². The molecule has 2 fully saturated rings. The van der Waals surface area contributed by atoms with Crippen LogP contribution in [-0.4, -0.2) is 42.9 Å². The summed E-state index contributed by atoms with van der Waals surface area (Å²) in [5.41, 5.74) is 2.22. The molecule has 41 heavy (non-hydrogen) atoms. The van der Waals surface area contributed by atoms with Gasteiger partial charge >= 0.3 is 6.18 Å². The first-order valence-electron chi connectivity index (χ1n) is 13.9. The van der Waals surface area contributed by atoms with Gasteiger partial charge in [-0.05, 0) is 79.3 Å². The van der Waals surface area contributed by atoms with Crippen LogP contribution in [0.1, 0.15) is 47.9 Å². The number of thiocarbonyl (C=S) groups is 1. The Morgan fingerprint density at radius 1 is 0.951 bits per heavy atom. The van der Waals surface area contributed by atoms with E-state index in [0.717, 1.165) is 43.9 Å². The van der Waals surface area contributed by atoms with Gasteiger partial charge in [0.1, 0.15) is 0 Å². The van der Waals surface area contributed by atoms with Crippen molar-refractivity contribution < 1.29 is 22.6 Å². The quantitative estimate of drug-likeness (QED) is 0.297. The van der Waals surface area contributed by atoms with E-state index in [1.165, 1.54) is 17.7 Å². The van der Waals surface area contributed by atoms with Gasteiger partial charge < -0.3 is 20.1 Å². The topological polar surface area (TPSA) is 45.8 Å². The Kier molecular flexibility index (Phi) is 8.75. The highest BCUT2D eigenvalue weighted by Crippen LogP contribution is 2.50. The lowest BCUT2D eigenvalue weighted by Gasteiger charge is -2.46. The minimum Gasteiger partial charge on any atom is -0.493 e. The van der Waals surface area contributed by atoms with Gasteiger partial charge in [-0.25, -0.2) is 0 Å². The first-order valence-corrected chi connectivity index (χ1v) is 14.3. The van der Waals surface area contributed by atoms with Gasteiger partial charge in [-0.2, -0.15) is 13.2 Å². The smallest absolute Gasteiger partial charge is 0.416 e. The third kappa shape index (κ3) is 6.46. The molecule has 0 bridgehead atoms. The average molecular weight is 584 g/mol. The molecule has 218 valence electrons. The maximum Gasteiger partial charge on any atom is 0.416 e. The SMILES string of the molecule is COc1ccc([C@@]23CC[C@H](NC(=S)NCc4ccccc4)C[C@H]2N(Cc2cccc(C(F)(F)F)c2)CC3)cc1OC. The number of nitrogens with zero attached hydrogens (tertiary/aromatic N) is 1. The minimum absolute atomic E-state index is 0.110. The molecule has 0 spiro atoms. The standard InChI is InChI=1S/C32H36F3N3O2S/c1-39-27-12-11-24(18-28(27)40-2)31-14-13-26(37-30(41)36-20-22-7-4-3-5-8-22)19-29(31)38(16-15-31)21-23-9-6-10-25(17-23)32(33,34)35/h3-12,17-18,26,29H,13-16,19-21H2,1-2H3,(H2,36,37,41)/t26-,29+,31-/m0/s1. The van der Waals surface area contributed by atoms with E-state index in [2.05, 4.69) is 39.8 Å². The number of ether oxygens (including phenoxy) is 2. The monoisotopic (exact) mass is 583 g/mol. The van der Waals surface area contributed by atoms with E-state index in [1.807, 2.05) is 24.3 Å². The molecule has 9 heteroatoms. The van der Waals surface area contributed by atoms with Crippen LogP contribution in [0.25, 0.3) is 0 Å². The first-order chi connectivity index (χ1) is 19.7. The molecule has 3 atom stereocenters. The van der Waals surface area contributed by atoms with Crippen molar-refractivity contribution in [3.63, 3.8) is 0 Å². The normalized spacial score (nSPS) is 22.6. The molecule has 0 aromatic heterocycles. The molecule has 2 N–H and O–H groups in total. The van der Waals surface area contributed by atoms with Gasteiger partial charge in [0, 0.05) is 30.6 Å². The van der Waals surface area contributed by atoms with Gasteiger partial charge in [-0.15, -0.1) is 0 Å². The number of hydrogen-bond acceptors (Lipinski definition) is 4. The number of benzene rings is 3. The summed E-state index contributed by atoms with van der Waals surface area (Å²) in [5, 5.41) is 7.45. The van der Waals surface area contributed by atoms with Gasteiger partial charge in [0.15, 0.2) is 16.6 Å². The fraction of sp³-hybridized carbons (Fsp3) is 0.406. The lowest BCUT2D eigenvalue weighted by Crippen LogP contribution is -2.53. The van der Waals surface area contributed by atoms with E-state index < -0.39 is 11.7 Å². The third-order valence-corrected chi connectivity index (χ3v) is 8.86. The summed E-state index contributed by atoms with van der Waals surface area (Å²) in [6, 6.07) is 22.2. The number of nitrogens with one attached hydrogen (secondary N) is 2. The highest BCUT2D eigenvalue weighted by molar-refractivity contribution is 7.80. The summed E-state index contributed by atoms with van der Waals surface area (Å²) in [6.45, 7) is 1.88. The molecule has 0 radical (unpaired) electrons. The second kappa shape index (κ2) is 12.3. The van der Waals surface area contributed by atoms with Crippen LogP contribution >= 0.6 is 12.2 Å². The van der Waals surface area contributed by atoms with Crippen LogP contribution in [0.15, 0.2) is 72.8 Å². The van der Waals surface area contributed by atoms with Gasteiger partial charge in [-0.1, -0.05) is 54.6 Å². The second-order valence-electron chi connectivity index (χ2n) is 10.9. The van der Waals surface area contributed by atoms with Crippen LogP contribution < -0.4 is 20.1 Å². The Morgan fingerprint density at radius 3 is 2.44 bits per heavy atom. The Bertz CT molecular complexity index is 1350. The van der Waals surface area contributed by atoms with Crippen molar-refractivity contribution in [1.29, 1.82) is 0 Å². The molecule has 0 unspecified atom stereocenters. The van der Waals surface area contributed by atoms with Crippen LogP contribution in [-0.2, 0) is 24.7 Å². The number of methoxy groups -OCH3 is 2. The third-order valence-electron chi connectivity index (χ3n) is 8.60. The molecule has 1 saturated carbocycles. The van der Waals surface area contributed by atoms with Crippen molar-refractivity contribution in [3.8, 4) is 11.5 Å². The van der Waals surface area contributed by atoms with E-state index in [1.54, 1.807) is 20.3 Å². The predicted octanol–water partition coefficient (Wildman–Crippen LogP) is 6.45. The fourth-order valence-corrected chi connectivity index (χ4v) is 6.78. The summed E-state index contributed by atoms with van der Waals surface area (Å²) in [7, 11) is 3.26. The highest BCUT2D eigenvalue weighted by atomic mass is 32.1. The fourth-order valence-electron chi connectivity index (χ4n) is 6.54. The summed E-state index contributed by atoms with van der Waals surface area (Å²) in [5.74, 6) is 1.36. The zero-order chi connectivity index (χ0) is 29.0. The number of halogens is 3. The zero-order valence-electron chi connectivity index (χ0n) is 23.3. The summed E-state index contributed by atoms with van der Waals surface area (Å²) < 4.78 is 51.5. The number of hydrogen-bond donors (Lipinski definition) is 2. The molecule has 1 saturated heterocycles. The Hall–Kier alpha value is -3.30. The van der Waals surface area contributed by atoms with Crippen LogP contribution in [0, 0.1) is 0 Å². The van der Waals surface area contributed by atoms with Crippen molar-refractivity contribution in [1.82, 2.24) is 15.5 Å². The molecule has 5 rings (SSSR count). The molecule has 5 nitrogen and oxygen atoms in total. The van der Waals surface area contributed by atoms with Gasteiger partial charge in [0.2, 0.25) is 0 Å². The lowest BCUT2D eigenvalue weighted by molar-refractivity contribution is -0.137. The zero-order valence-corrected chi connectivity index (χ0v) is 24.2. The molecule has 0 amide bonds. The molecule has 3 aromatic rings. The van der Waals surface area contributed by atoms with Crippen LogP contribution in [0.2, 0.25) is 0 Å². The molecular weight excluding hydrogens is 547 g/mol. The second-order valence-corrected chi connectivity index (χ2v) is 11.4. The van der Waals surface area contributed by atoms with Crippen molar-refractivity contribution >= 4 is 17.3 Å². The highest BCUT2D eigenvalue weighted by Gasteiger charge is 2.51. The predicted molar refractivity (Wildman–Crippen MR) is 158 cm³/mol. The Balaban J connectivity index is 1.38. The average Bonchev–Trinajstić information content (AvgIpc) is 3.34. The molecule has 1 aliphatic carbocycles. The van der Waals surface area contributed by atoms with Gasteiger partial charge in [0.25, 0.3) is 0 Å². The maximum atomic E-state index is 13.4. The number of likely N-dealkylation sites (tertiary alicyclic amines) is 1. The summed E-state index contributed by atoms with van der Waals surface area (Å²) >= 11 is 5.65. The summed E-state index contributed by atoms with van der Waals surface area (Å²) in [6.07, 6.45) is -0.788. The molecule has 1 aliphatic heterocycles. The lowest BCUT2D eigenvalue weighted by atomic mass is 9.65. The van der Waals surface area contributed by atoms with E-state index in [0.29, 0.717) is 35.3 Å². The number of alkyl halides is 3. The van der Waals surface area contributed by atoms with Crippen molar-refractivity contribution in [2.75, 3.05) is 20.8 Å². The Morgan fingerprint density at radius 2 is 1.71 bits per heavy atom. The van der Waals surface area contributed by atoms with Crippen LogP contribution in [0.5, 0.6) is 11.5 Å². The van der Waals surface area contributed by atoms with E-state index in [-0.39, 0.29) is 17.5 Å². The molecule has 2 aliphatic rings. The summed E-state index contributed by atoms with van der Waals surface area (Å²) in [4.78, 5) is 2.35. The maximum absolute atomic E-state index is 13.4. The van der Waals surface area contributed by atoms with Gasteiger partial charge in [0.05, 0.1) is 19.8 Å². The minimum atomic E-state index is -4.37. The van der Waals surface area contributed by atoms with E-state index in [9.17, 15) is 13.2 Å². The van der Waals surface area contributed by atoms with Crippen molar-refractivity contribution in [3.05, 3.63) is 95.1 Å². The van der Waals surface area contributed by atoms with Crippen molar-refractivity contribution in [2.45, 2.75) is 62.4 Å². The molecule has 1 heterocycles. The van der Waals surface area contributed by atoms with Crippen LogP contribution in [0.4, 0.5) is 13.2 Å². The molecular formula is C32H36F3N3O2S. The van der Waals surface area contributed by atoms with E-state index >= 15 is 0 Å². The van der Waals surface area contributed by atoms with Gasteiger partial charge in [-0.3, -0.25) is 4.90 Å². The van der Waals surface area contributed by atoms with Crippen molar-refractivity contribution in [2.24, 2.45) is 0 Å². The Labute approximate surface area is 245 Å². The van der Waals surface area contributed by atoms with Crippen LogP contribution in [0.3, 0.4) is 0 Å². The number of rotatable bonds is 8.